The molecule has 0 radical (unpaired) electrons. The topological polar surface area (TPSA) is 110 Å². The van der Waals surface area contributed by atoms with Crippen molar-refractivity contribution in [3.05, 3.63) is 35.4 Å². The van der Waals surface area contributed by atoms with Gasteiger partial charge in [0.05, 0.1) is 23.0 Å². The second-order valence-corrected chi connectivity index (χ2v) is 13.4. The minimum atomic E-state index is -4.56. The molecule has 0 heterocycles. The normalized spacial score (nSPS) is 12.0. The van der Waals surface area contributed by atoms with Crippen LogP contribution >= 0.6 is 0 Å². The van der Waals surface area contributed by atoms with Gasteiger partial charge < -0.3 is 14.0 Å². The summed E-state index contributed by atoms with van der Waals surface area (Å²) in [6.07, 6.45) is 27.5. The molecule has 0 aliphatic carbocycles. The van der Waals surface area contributed by atoms with E-state index in [1.165, 1.54) is 128 Å². The van der Waals surface area contributed by atoms with Gasteiger partial charge >= 0.3 is 41.5 Å². The molecule has 0 saturated carbocycles. The van der Waals surface area contributed by atoms with Crippen LogP contribution in [0.25, 0.3) is 0 Å². The van der Waals surface area contributed by atoms with E-state index in [1.54, 1.807) is 12.1 Å². The van der Waals surface area contributed by atoms with Crippen molar-refractivity contribution in [1.82, 2.24) is 0 Å². The summed E-state index contributed by atoms with van der Waals surface area (Å²) in [7, 11) is -4.56. The van der Waals surface area contributed by atoms with E-state index >= 15 is 0 Å². The van der Waals surface area contributed by atoms with Crippen molar-refractivity contribution in [2.45, 2.75) is 154 Å². The molecule has 0 spiro atoms. The minimum Gasteiger partial charge on any atom is -0.748 e. The van der Waals surface area contributed by atoms with E-state index < -0.39 is 33.9 Å². The van der Waals surface area contributed by atoms with Crippen LogP contribution in [0, 0.1) is 0 Å². The molecule has 0 fully saturated rings. The van der Waals surface area contributed by atoms with Crippen LogP contribution in [0.5, 0.6) is 0 Å². The number of carbonyl (C=O) groups excluding carboxylic acids is 2. The molecule has 1 aromatic carbocycles. The van der Waals surface area contributed by atoms with E-state index in [2.05, 4.69) is 6.92 Å². The van der Waals surface area contributed by atoms with Crippen LogP contribution in [0.4, 0.5) is 0 Å². The van der Waals surface area contributed by atoms with Crippen molar-refractivity contribution in [3.8, 4) is 0 Å². The van der Waals surface area contributed by atoms with Crippen molar-refractivity contribution < 1.29 is 61.6 Å². The summed E-state index contributed by atoms with van der Waals surface area (Å²) in [4.78, 5) is 24.8. The zero-order chi connectivity index (χ0) is 30.9. The number of benzene rings is 1. The average Bonchev–Trinajstić information content (AvgIpc) is 2.97. The molecular formula is C34H57NaO7S. The number of esters is 2. The van der Waals surface area contributed by atoms with E-state index in [-0.39, 0.29) is 47.3 Å². The largest absolute Gasteiger partial charge is 1.00 e. The van der Waals surface area contributed by atoms with Gasteiger partial charge in [0, 0.05) is 0 Å². The molecule has 7 nitrogen and oxygen atoms in total. The van der Waals surface area contributed by atoms with Gasteiger partial charge in [-0.25, -0.2) is 18.0 Å². The first kappa shape index (κ1) is 42.1. The Morgan fingerprint density at radius 3 is 1.30 bits per heavy atom. The first-order chi connectivity index (χ1) is 20.3. The predicted molar refractivity (Wildman–Crippen MR) is 169 cm³/mol. The van der Waals surface area contributed by atoms with Crippen molar-refractivity contribution in [3.63, 3.8) is 0 Å². The van der Waals surface area contributed by atoms with Gasteiger partial charge in [-0.05, 0) is 25.5 Å². The number of hydrogen-bond acceptors (Lipinski definition) is 7. The van der Waals surface area contributed by atoms with Crippen LogP contribution < -0.4 is 29.6 Å². The third kappa shape index (κ3) is 22.3. The Kier molecular flexibility index (Phi) is 26.8. The first-order valence-electron chi connectivity index (χ1n) is 16.6. The maximum atomic E-state index is 12.5. The van der Waals surface area contributed by atoms with Crippen molar-refractivity contribution in [1.29, 1.82) is 0 Å². The minimum absolute atomic E-state index is 0. The summed E-state index contributed by atoms with van der Waals surface area (Å²) in [5, 5.41) is -1.37. The van der Waals surface area contributed by atoms with Crippen molar-refractivity contribution in [2.75, 3.05) is 13.2 Å². The van der Waals surface area contributed by atoms with Gasteiger partial charge in [-0.1, -0.05) is 147 Å². The Bertz CT molecular complexity index is 952. The smallest absolute Gasteiger partial charge is 0.748 e. The van der Waals surface area contributed by atoms with E-state index in [9.17, 15) is 22.6 Å². The summed E-state index contributed by atoms with van der Waals surface area (Å²) in [6.45, 7) is 3.13. The quantitative estimate of drug-likeness (QED) is 0.0495. The Morgan fingerprint density at radius 2 is 0.953 bits per heavy atom. The molecule has 1 unspecified atom stereocenters. The second-order valence-electron chi connectivity index (χ2n) is 11.7. The van der Waals surface area contributed by atoms with Crippen LogP contribution in [0.1, 0.15) is 169 Å². The maximum Gasteiger partial charge on any atom is 1.00 e. The molecule has 1 rings (SSSR count). The van der Waals surface area contributed by atoms with E-state index in [1.807, 2.05) is 0 Å². The van der Waals surface area contributed by atoms with Crippen LogP contribution in [0.3, 0.4) is 0 Å². The molecule has 1 atom stereocenters. The standard InChI is InChI=1S/C34H58O7S.Na/c1-3-4-5-6-7-8-9-10-11-12-13-14-15-16-17-18-19-20-21-22-25-28-40-33(35)31-26-23-24-27-32(31)34(36)41-29-30(2)42(37,38)39;/h23-24,26-27,30H,3-22,25,28-29H2,1-2H3,(H,37,38,39);/q;+1/p-1. The molecule has 0 N–H and O–H groups in total. The molecule has 43 heavy (non-hydrogen) atoms. The Morgan fingerprint density at radius 1 is 0.628 bits per heavy atom. The van der Waals surface area contributed by atoms with Crippen molar-refractivity contribution >= 4 is 22.1 Å². The fourth-order valence-corrected chi connectivity index (χ4v) is 5.20. The molecule has 1 aromatic rings. The fraction of sp³-hybridized carbons (Fsp3) is 0.765. The van der Waals surface area contributed by atoms with Gasteiger partial charge in [0.25, 0.3) is 0 Å². The zero-order valence-electron chi connectivity index (χ0n) is 27.4. The third-order valence-electron chi connectivity index (χ3n) is 7.79. The van der Waals surface area contributed by atoms with Crippen LogP contribution in [-0.2, 0) is 19.6 Å². The van der Waals surface area contributed by atoms with Crippen LogP contribution in [-0.4, -0.2) is 43.4 Å². The molecule has 0 saturated heterocycles. The van der Waals surface area contributed by atoms with Gasteiger partial charge in [0.2, 0.25) is 0 Å². The fourth-order valence-electron chi connectivity index (χ4n) is 4.97. The Balaban J connectivity index is 0.0000176. The third-order valence-corrected chi connectivity index (χ3v) is 8.91. The second kappa shape index (κ2) is 27.4. The number of rotatable bonds is 27. The predicted octanol–water partition coefficient (Wildman–Crippen LogP) is 6.15. The summed E-state index contributed by atoms with van der Waals surface area (Å²) >= 11 is 0. The summed E-state index contributed by atoms with van der Waals surface area (Å²) < 4.78 is 43.3. The van der Waals surface area contributed by atoms with Gasteiger partial charge in [0.1, 0.15) is 16.7 Å². The van der Waals surface area contributed by atoms with Gasteiger partial charge in [-0.15, -0.1) is 0 Å². The maximum absolute atomic E-state index is 12.5. The van der Waals surface area contributed by atoms with Crippen molar-refractivity contribution in [2.24, 2.45) is 0 Å². The monoisotopic (exact) mass is 632 g/mol. The van der Waals surface area contributed by atoms with Gasteiger partial charge in [-0.3, -0.25) is 0 Å². The van der Waals surface area contributed by atoms with E-state index in [0.717, 1.165) is 26.2 Å². The van der Waals surface area contributed by atoms with E-state index in [4.69, 9.17) is 9.47 Å². The van der Waals surface area contributed by atoms with Crippen LogP contribution in [0.15, 0.2) is 24.3 Å². The first-order valence-corrected chi connectivity index (χ1v) is 18.1. The zero-order valence-corrected chi connectivity index (χ0v) is 30.2. The van der Waals surface area contributed by atoms with Crippen LogP contribution in [0.2, 0.25) is 0 Å². The molecule has 0 amide bonds. The number of hydrogen-bond donors (Lipinski definition) is 0. The molecular weight excluding hydrogens is 575 g/mol. The van der Waals surface area contributed by atoms with E-state index in [0.29, 0.717) is 0 Å². The molecule has 0 aliphatic heterocycles. The summed E-state index contributed by atoms with van der Waals surface area (Å²) in [5.74, 6) is -1.49. The number of carbonyl (C=O) groups is 2. The SMILES string of the molecule is CCCCCCCCCCCCCCCCCCCCCCCOC(=O)c1ccccc1C(=O)OCC(C)S(=O)(=O)[O-].[Na+]. The summed E-state index contributed by atoms with van der Waals surface area (Å²) in [6, 6.07) is 6.05. The molecule has 0 aromatic heterocycles. The van der Waals surface area contributed by atoms with Gasteiger partial charge in [-0.2, -0.15) is 0 Å². The molecule has 242 valence electrons. The average molecular weight is 633 g/mol. The van der Waals surface area contributed by atoms with Gasteiger partial charge in [0.15, 0.2) is 0 Å². The summed E-state index contributed by atoms with van der Waals surface area (Å²) in [5.41, 5.74) is 0.0421. The Labute approximate surface area is 284 Å². The number of unbranched alkanes of at least 4 members (excludes halogenated alkanes) is 20. The Hall–Kier alpha value is -0.930. The molecule has 0 aliphatic rings. The number of ether oxygens (including phenoxy) is 2. The molecule has 9 heteroatoms. The molecule has 0 bridgehead atoms.